The standard InChI is InChI=1S/C16H26N2O/c17-13-15-11-8-12-18(15)16(19)14-9-6-4-2-1-3-5-7-10-14/h14-15H,1-12H2. The van der Waals surface area contributed by atoms with Crippen molar-refractivity contribution in [2.75, 3.05) is 6.54 Å². The minimum absolute atomic E-state index is 0.150. The molecule has 1 amide bonds. The zero-order valence-corrected chi connectivity index (χ0v) is 11.9. The maximum absolute atomic E-state index is 12.6. The van der Waals surface area contributed by atoms with E-state index < -0.39 is 0 Å². The van der Waals surface area contributed by atoms with Crippen LogP contribution in [0.4, 0.5) is 0 Å². The Morgan fingerprint density at radius 2 is 1.47 bits per heavy atom. The van der Waals surface area contributed by atoms with Gasteiger partial charge in [-0.3, -0.25) is 4.79 Å². The minimum atomic E-state index is -0.150. The van der Waals surface area contributed by atoms with Crippen LogP contribution in [0.5, 0.6) is 0 Å². The number of hydrogen-bond acceptors (Lipinski definition) is 2. The highest BCUT2D eigenvalue weighted by molar-refractivity contribution is 5.79. The molecular formula is C16H26N2O. The molecule has 1 saturated carbocycles. The van der Waals surface area contributed by atoms with Gasteiger partial charge in [-0.05, 0) is 25.7 Å². The SMILES string of the molecule is N#CC1CCCN1C(=O)C1CCCCCCCCC1. The molecule has 0 N–H and O–H groups in total. The lowest BCUT2D eigenvalue weighted by Gasteiger charge is -2.26. The van der Waals surface area contributed by atoms with E-state index in [9.17, 15) is 4.79 Å². The number of carbonyl (C=O) groups is 1. The van der Waals surface area contributed by atoms with E-state index in [-0.39, 0.29) is 17.9 Å². The molecule has 0 aromatic rings. The summed E-state index contributed by atoms with van der Waals surface area (Å²) < 4.78 is 0. The fraction of sp³-hybridized carbons (Fsp3) is 0.875. The van der Waals surface area contributed by atoms with E-state index in [1.54, 1.807) is 0 Å². The summed E-state index contributed by atoms with van der Waals surface area (Å²) in [4.78, 5) is 14.5. The lowest BCUT2D eigenvalue weighted by atomic mass is 9.91. The maximum Gasteiger partial charge on any atom is 0.226 e. The number of likely N-dealkylation sites (tertiary alicyclic amines) is 1. The highest BCUT2D eigenvalue weighted by Gasteiger charge is 2.32. The molecule has 0 aromatic heterocycles. The molecular weight excluding hydrogens is 236 g/mol. The summed E-state index contributed by atoms with van der Waals surface area (Å²) in [6, 6.07) is 2.14. The third kappa shape index (κ3) is 3.96. The topological polar surface area (TPSA) is 44.1 Å². The minimum Gasteiger partial charge on any atom is -0.326 e. The van der Waals surface area contributed by atoms with Gasteiger partial charge in [-0.15, -0.1) is 0 Å². The van der Waals surface area contributed by atoms with Gasteiger partial charge in [0.1, 0.15) is 6.04 Å². The van der Waals surface area contributed by atoms with Crippen molar-refractivity contribution in [3.8, 4) is 6.07 Å². The first kappa shape index (κ1) is 14.4. The van der Waals surface area contributed by atoms with E-state index in [0.29, 0.717) is 0 Å². The number of carbonyl (C=O) groups excluding carboxylic acids is 1. The Morgan fingerprint density at radius 1 is 0.895 bits per heavy atom. The van der Waals surface area contributed by atoms with Gasteiger partial charge in [0.2, 0.25) is 5.91 Å². The summed E-state index contributed by atoms with van der Waals surface area (Å²) in [5.41, 5.74) is 0. The van der Waals surface area contributed by atoms with Crippen molar-refractivity contribution in [3.05, 3.63) is 0 Å². The highest BCUT2D eigenvalue weighted by atomic mass is 16.2. The molecule has 1 atom stereocenters. The lowest BCUT2D eigenvalue weighted by molar-refractivity contribution is -0.136. The van der Waals surface area contributed by atoms with Crippen molar-refractivity contribution in [3.63, 3.8) is 0 Å². The van der Waals surface area contributed by atoms with E-state index in [1.165, 1.54) is 44.9 Å². The number of amides is 1. The first-order valence-electron chi connectivity index (χ1n) is 8.03. The van der Waals surface area contributed by atoms with Crippen LogP contribution < -0.4 is 0 Å². The molecule has 2 fully saturated rings. The Balaban J connectivity index is 1.92. The van der Waals surface area contributed by atoms with Gasteiger partial charge in [0, 0.05) is 12.5 Å². The molecule has 1 aliphatic heterocycles. The van der Waals surface area contributed by atoms with Crippen molar-refractivity contribution in [1.82, 2.24) is 4.90 Å². The number of rotatable bonds is 1. The smallest absolute Gasteiger partial charge is 0.226 e. The molecule has 2 rings (SSSR count). The van der Waals surface area contributed by atoms with Crippen LogP contribution in [0.2, 0.25) is 0 Å². The van der Waals surface area contributed by atoms with Gasteiger partial charge in [0.25, 0.3) is 0 Å². The van der Waals surface area contributed by atoms with Crippen LogP contribution in [-0.2, 0) is 4.79 Å². The molecule has 0 radical (unpaired) electrons. The summed E-state index contributed by atoms with van der Waals surface area (Å²) in [5, 5.41) is 9.12. The number of nitriles is 1. The number of hydrogen-bond donors (Lipinski definition) is 0. The summed E-state index contributed by atoms with van der Waals surface area (Å²) >= 11 is 0. The van der Waals surface area contributed by atoms with Gasteiger partial charge in [0.15, 0.2) is 0 Å². The molecule has 0 aromatic carbocycles. The van der Waals surface area contributed by atoms with Gasteiger partial charge in [-0.25, -0.2) is 0 Å². The van der Waals surface area contributed by atoms with Crippen LogP contribution in [0, 0.1) is 17.2 Å². The van der Waals surface area contributed by atoms with Crippen LogP contribution in [0.25, 0.3) is 0 Å². The van der Waals surface area contributed by atoms with E-state index in [2.05, 4.69) is 6.07 Å². The summed E-state index contributed by atoms with van der Waals surface area (Å²) in [6.07, 6.45) is 12.9. The van der Waals surface area contributed by atoms with Crippen molar-refractivity contribution in [2.24, 2.45) is 5.92 Å². The van der Waals surface area contributed by atoms with Crippen LogP contribution in [-0.4, -0.2) is 23.4 Å². The predicted molar refractivity (Wildman–Crippen MR) is 75.4 cm³/mol. The Labute approximate surface area is 117 Å². The molecule has 1 saturated heterocycles. The molecule has 1 heterocycles. The van der Waals surface area contributed by atoms with Crippen molar-refractivity contribution >= 4 is 5.91 Å². The molecule has 106 valence electrons. The van der Waals surface area contributed by atoms with Crippen molar-refractivity contribution in [2.45, 2.75) is 76.7 Å². The fourth-order valence-corrected chi connectivity index (χ4v) is 3.46. The molecule has 1 unspecified atom stereocenters. The summed E-state index contributed by atoms with van der Waals surface area (Å²) in [6.45, 7) is 0.799. The van der Waals surface area contributed by atoms with Crippen LogP contribution in [0.15, 0.2) is 0 Å². The van der Waals surface area contributed by atoms with E-state index in [1.807, 2.05) is 4.90 Å². The quantitative estimate of drug-likeness (QED) is 0.724. The third-order valence-electron chi connectivity index (χ3n) is 4.64. The fourth-order valence-electron chi connectivity index (χ4n) is 3.46. The Kier molecular flexibility index (Phi) is 5.69. The van der Waals surface area contributed by atoms with Crippen LogP contribution in [0.3, 0.4) is 0 Å². The first-order valence-corrected chi connectivity index (χ1v) is 8.03. The lowest BCUT2D eigenvalue weighted by Crippen LogP contribution is -2.39. The van der Waals surface area contributed by atoms with E-state index in [0.717, 1.165) is 32.2 Å². The molecule has 0 spiro atoms. The average molecular weight is 262 g/mol. The third-order valence-corrected chi connectivity index (χ3v) is 4.64. The number of nitrogens with zero attached hydrogens (tertiary/aromatic N) is 2. The van der Waals surface area contributed by atoms with Gasteiger partial charge >= 0.3 is 0 Å². The predicted octanol–water partition coefficient (Wildman–Crippen LogP) is 3.64. The summed E-state index contributed by atoms with van der Waals surface area (Å²) in [5.74, 6) is 0.455. The van der Waals surface area contributed by atoms with Crippen LogP contribution >= 0.6 is 0 Å². The highest BCUT2D eigenvalue weighted by Crippen LogP contribution is 2.26. The molecule has 3 nitrogen and oxygen atoms in total. The van der Waals surface area contributed by atoms with Gasteiger partial charge < -0.3 is 4.90 Å². The van der Waals surface area contributed by atoms with E-state index in [4.69, 9.17) is 5.26 Å². The molecule has 19 heavy (non-hydrogen) atoms. The zero-order chi connectivity index (χ0) is 13.5. The van der Waals surface area contributed by atoms with Crippen molar-refractivity contribution in [1.29, 1.82) is 5.26 Å². The second-order valence-corrected chi connectivity index (χ2v) is 6.07. The van der Waals surface area contributed by atoms with Crippen LogP contribution in [0.1, 0.15) is 70.6 Å². The van der Waals surface area contributed by atoms with Crippen molar-refractivity contribution < 1.29 is 4.79 Å². The molecule has 3 heteroatoms. The molecule has 0 bridgehead atoms. The monoisotopic (exact) mass is 262 g/mol. The second kappa shape index (κ2) is 7.53. The molecule has 2 aliphatic rings. The van der Waals surface area contributed by atoms with Gasteiger partial charge in [-0.1, -0.05) is 44.9 Å². The average Bonchev–Trinajstić information content (AvgIpc) is 2.92. The zero-order valence-electron chi connectivity index (χ0n) is 11.9. The second-order valence-electron chi connectivity index (χ2n) is 6.07. The maximum atomic E-state index is 12.6. The Morgan fingerprint density at radius 3 is 2.05 bits per heavy atom. The van der Waals surface area contributed by atoms with Gasteiger partial charge in [0.05, 0.1) is 6.07 Å². The Bertz CT molecular complexity index is 324. The molecule has 1 aliphatic carbocycles. The van der Waals surface area contributed by atoms with E-state index >= 15 is 0 Å². The first-order chi connectivity index (χ1) is 9.33. The Hall–Kier alpha value is -1.04. The van der Waals surface area contributed by atoms with Gasteiger partial charge in [-0.2, -0.15) is 5.26 Å². The largest absolute Gasteiger partial charge is 0.326 e. The summed E-state index contributed by atoms with van der Waals surface area (Å²) in [7, 11) is 0. The normalized spacial score (nSPS) is 26.9.